The number of rotatable bonds is 4. The molecule has 0 spiro atoms. The van der Waals surface area contributed by atoms with Crippen molar-refractivity contribution in [3.63, 3.8) is 0 Å². The second-order valence-corrected chi connectivity index (χ2v) is 4.49. The molecule has 0 bridgehead atoms. The number of hydrogen-bond donors (Lipinski definition) is 1. The SMILES string of the molecule is CCc1c(CC2(N)CC2)cccc1OC. The standard InChI is InChI=1S/C13H19NO/c1-3-11-10(9-13(14)7-8-13)5-4-6-12(11)15-2/h4-6H,3,7-9,14H2,1-2H3. The highest BCUT2D eigenvalue weighted by Crippen LogP contribution is 2.37. The van der Waals surface area contributed by atoms with Crippen LogP contribution in [0.25, 0.3) is 0 Å². The van der Waals surface area contributed by atoms with E-state index < -0.39 is 0 Å². The third kappa shape index (κ3) is 2.15. The number of nitrogens with two attached hydrogens (primary N) is 1. The van der Waals surface area contributed by atoms with Crippen molar-refractivity contribution in [3.05, 3.63) is 29.3 Å². The Morgan fingerprint density at radius 1 is 1.40 bits per heavy atom. The molecule has 0 amide bonds. The van der Waals surface area contributed by atoms with Crippen LogP contribution in [0, 0.1) is 0 Å². The van der Waals surface area contributed by atoms with Crippen LogP contribution in [-0.2, 0) is 12.8 Å². The van der Waals surface area contributed by atoms with Crippen LogP contribution in [0.4, 0.5) is 0 Å². The van der Waals surface area contributed by atoms with Crippen molar-refractivity contribution in [1.82, 2.24) is 0 Å². The van der Waals surface area contributed by atoms with E-state index in [4.69, 9.17) is 10.5 Å². The van der Waals surface area contributed by atoms with Gasteiger partial charge in [0.2, 0.25) is 0 Å². The summed E-state index contributed by atoms with van der Waals surface area (Å²) in [5.74, 6) is 0.999. The van der Waals surface area contributed by atoms with Crippen LogP contribution in [0.5, 0.6) is 5.75 Å². The molecule has 1 saturated carbocycles. The van der Waals surface area contributed by atoms with E-state index in [0.29, 0.717) is 0 Å². The lowest BCUT2D eigenvalue weighted by Gasteiger charge is -2.15. The van der Waals surface area contributed by atoms with Crippen LogP contribution in [0.3, 0.4) is 0 Å². The number of methoxy groups -OCH3 is 1. The molecule has 2 N–H and O–H groups in total. The Hall–Kier alpha value is -1.02. The molecule has 1 aromatic carbocycles. The average Bonchev–Trinajstić information content (AvgIpc) is 2.95. The van der Waals surface area contributed by atoms with Gasteiger partial charge in [-0.2, -0.15) is 0 Å². The summed E-state index contributed by atoms with van der Waals surface area (Å²) in [6.07, 6.45) is 4.32. The van der Waals surface area contributed by atoms with Gasteiger partial charge in [0.1, 0.15) is 5.75 Å². The predicted octanol–water partition coefficient (Wildman–Crippen LogP) is 2.29. The molecule has 2 rings (SSSR count). The van der Waals surface area contributed by atoms with Crippen LogP contribution < -0.4 is 10.5 Å². The van der Waals surface area contributed by atoms with Gasteiger partial charge in [-0.1, -0.05) is 19.1 Å². The monoisotopic (exact) mass is 205 g/mol. The Morgan fingerprint density at radius 3 is 2.67 bits per heavy atom. The second-order valence-electron chi connectivity index (χ2n) is 4.49. The van der Waals surface area contributed by atoms with E-state index >= 15 is 0 Å². The van der Waals surface area contributed by atoms with Crippen LogP contribution in [0.15, 0.2) is 18.2 Å². The van der Waals surface area contributed by atoms with Crippen LogP contribution >= 0.6 is 0 Å². The summed E-state index contributed by atoms with van der Waals surface area (Å²) < 4.78 is 5.37. The molecule has 0 aromatic heterocycles. The molecule has 0 atom stereocenters. The average molecular weight is 205 g/mol. The fraction of sp³-hybridized carbons (Fsp3) is 0.538. The van der Waals surface area contributed by atoms with Gasteiger partial charge in [-0.15, -0.1) is 0 Å². The quantitative estimate of drug-likeness (QED) is 0.818. The van der Waals surface area contributed by atoms with Crippen LogP contribution in [0.2, 0.25) is 0 Å². The van der Waals surface area contributed by atoms with Crippen molar-refractivity contribution in [2.75, 3.05) is 7.11 Å². The third-order valence-corrected chi connectivity index (χ3v) is 3.24. The highest BCUT2D eigenvalue weighted by molar-refractivity contribution is 5.41. The van der Waals surface area contributed by atoms with E-state index in [0.717, 1.165) is 31.4 Å². The minimum Gasteiger partial charge on any atom is -0.496 e. The number of benzene rings is 1. The zero-order valence-electron chi connectivity index (χ0n) is 9.55. The van der Waals surface area contributed by atoms with Gasteiger partial charge in [0, 0.05) is 5.54 Å². The summed E-state index contributed by atoms with van der Waals surface area (Å²) in [6.45, 7) is 2.16. The van der Waals surface area contributed by atoms with Crippen molar-refractivity contribution in [1.29, 1.82) is 0 Å². The van der Waals surface area contributed by atoms with Crippen molar-refractivity contribution in [3.8, 4) is 5.75 Å². The van der Waals surface area contributed by atoms with Crippen molar-refractivity contribution in [2.45, 2.75) is 38.1 Å². The summed E-state index contributed by atoms with van der Waals surface area (Å²) in [7, 11) is 1.73. The van der Waals surface area contributed by atoms with Gasteiger partial charge in [0.05, 0.1) is 7.11 Å². The zero-order valence-corrected chi connectivity index (χ0v) is 9.55. The summed E-state index contributed by atoms with van der Waals surface area (Å²) in [5, 5.41) is 0. The molecule has 1 aliphatic carbocycles. The molecule has 2 nitrogen and oxygen atoms in total. The highest BCUT2D eigenvalue weighted by atomic mass is 16.5. The highest BCUT2D eigenvalue weighted by Gasteiger charge is 2.38. The van der Waals surface area contributed by atoms with Gasteiger partial charge in [-0.25, -0.2) is 0 Å². The Bertz CT molecular complexity index is 356. The Labute approximate surface area is 91.4 Å². The molecule has 2 heteroatoms. The first-order valence-electron chi connectivity index (χ1n) is 5.62. The summed E-state index contributed by atoms with van der Waals surface area (Å²) in [5.41, 5.74) is 8.91. The molecule has 0 unspecified atom stereocenters. The van der Waals surface area contributed by atoms with Gasteiger partial charge >= 0.3 is 0 Å². The van der Waals surface area contributed by atoms with Gasteiger partial charge in [-0.3, -0.25) is 0 Å². The van der Waals surface area contributed by atoms with E-state index in [1.165, 1.54) is 11.1 Å². The first-order valence-corrected chi connectivity index (χ1v) is 5.62. The van der Waals surface area contributed by atoms with Gasteiger partial charge in [0.15, 0.2) is 0 Å². The first kappa shape index (κ1) is 10.5. The van der Waals surface area contributed by atoms with Crippen molar-refractivity contribution in [2.24, 2.45) is 5.73 Å². The van der Waals surface area contributed by atoms with E-state index in [1.54, 1.807) is 7.11 Å². The van der Waals surface area contributed by atoms with E-state index in [1.807, 2.05) is 6.07 Å². The molecule has 0 radical (unpaired) electrons. The molecule has 0 saturated heterocycles. The summed E-state index contributed by atoms with van der Waals surface area (Å²) in [6, 6.07) is 6.26. The van der Waals surface area contributed by atoms with E-state index in [2.05, 4.69) is 19.1 Å². The lowest BCUT2D eigenvalue weighted by Crippen LogP contribution is -2.25. The van der Waals surface area contributed by atoms with E-state index in [-0.39, 0.29) is 5.54 Å². The molecule has 82 valence electrons. The summed E-state index contributed by atoms with van der Waals surface area (Å²) in [4.78, 5) is 0. The maximum absolute atomic E-state index is 6.15. The molecule has 1 aliphatic rings. The van der Waals surface area contributed by atoms with Gasteiger partial charge in [0.25, 0.3) is 0 Å². The molecule has 15 heavy (non-hydrogen) atoms. The van der Waals surface area contributed by atoms with Crippen LogP contribution in [-0.4, -0.2) is 12.6 Å². The summed E-state index contributed by atoms with van der Waals surface area (Å²) >= 11 is 0. The Kier molecular flexibility index (Phi) is 2.70. The molecular weight excluding hydrogens is 186 g/mol. The normalized spacial score (nSPS) is 17.5. The maximum atomic E-state index is 6.15. The Balaban J connectivity index is 2.28. The lowest BCUT2D eigenvalue weighted by molar-refractivity contribution is 0.409. The van der Waals surface area contributed by atoms with Crippen molar-refractivity contribution >= 4 is 0 Å². The predicted molar refractivity (Wildman–Crippen MR) is 62.2 cm³/mol. The molecule has 0 heterocycles. The minimum atomic E-state index is 0.0796. The number of ether oxygens (including phenoxy) is 1. The molecule has 1 fully saturated rings. The van der Waals surface area contributed by atoms with Gasteiger partial charge < -0.3 is 10.5 Å². The number of hydrogen-bond acceptors (Lipinski definition) is 2. The smallest absolute Gasteiger partial charge is 0.122 e. The molecular formula is C13H19NO. The zero-order chi connectivity index (χ0) is 10.9. The molecule has 0 aliphatic heterocycles. The molecule has 1 aromatic rings. The first-order chi connectivity index (χ1) is 7.18. The largest absolute Gasteiger partial charge is 0.496 e. The van der Waals surface area contributed by atoms with Crippen molar-refractivity contribution < 1.29 is 4.74 Å². The fourth-order valence-corrected chi connectivity index (χ4v) is 2.09. The third-order valence-electron chi connectivity index (χ3n) is 3.24. The maximum Gasteiger partial charge on any atom is 0.122 e. The fourth-order valence-electron chi connectivity index (χ4n) is 2.09. The Morgan fingerprint density at radius 2 is 2.13 bits per heavy atom. The topological polar surface area (TPSA) is 35.2 Å². The second kappa shape index (κ2) is 3.86. The van der Waals surface area contributed by atoms with Crippen LogP contribution in [0.1, 0.15) is 30.9 Å². The van der Waals surface area contributed by atoms with Gasteiger partial charge in [-0.05, 0) is 42.9 Å². The lowest BCUT2D eigenvalue weighted by atomic mass is 9.97. The minimum absolute atomic E-state index is 0.0796. The van der Waals surface area contributed by atoms with E-state index in [9.17, 15) is 0 Å².